The number of fused-ring (bicyclic) bond motifs is 5. The molecule has 2 aromatic carbocycles. The van der Waals surface area contributed by atoms with Crippen molar-refractivity contribution in [1.82, 2.24) is 0 Å². The third-order valence-electron chi connectivity index (χ3n) is 14.8. The Labute approximate surface area is 318 Å². The van der Waals surface area contributed by atoms with Gasteiger partial charge in [0.1, 0.15) is 11.5 Å². The number of unbranched alkanes of at least 4 members (excludes halogenated alkanes) is 3. The summed E-state index contributed by atoms with van der Waals surface area (Å²) in [5.41, 5.74) is 3.11. The smallest absolute Gasteiger partial charge is 0.119 e. The SMILES string of the molecule is CCOCCCCCCOc1ccc(C#Cc2ccc(OC3CCC4(C)C(CCC5C4CCC4(C)C(C(C)CCCC(C)C)CCC54)C3)cc2)cc1. The Morgan fingerprint density at radius 3 is 2.02 bits per heavy atom. The summed E-state index contributed by atoms with van der Waals surface area (Å²) >= 11 is 0. The Morgan fingerprint density at radius 1 is 0.673 bits per heavy atom. The zero-order valence-electron chi connectivity index (χ0n) is 33.9. The van der Waals surface area contributed by atoms with Crippen LogP contribution in [0.15, 0.2) is 48.5 Å². The monoisotopic (exact) mass is 709 g/mol. The largest absolute Gasteiger partial charge is 0.494 e. The van der Waals surface area contributed by atoms with Gasteiger partial charge in [-0.2, -0.15) is 0 Å². The highest BCUT2D eigenvalue weighted by molar-refractivity contribution is 5.45. The maximum atomic E-state index is 6.69. The van der Waals surface area contributed by atoms with Gasteiger partial charge in [-0.05, 0) is 185 Å². The summed E-state index contributed by atoms with van der Waals surface area (Å²) in [6.07, 6.45) is 21.8. The van der Waals surface area contributed by atoms with Gasteiger partial charge in [-0.15, -0.1) is 0 Å². The van der Waals surface area contributed by atoms with Crippen LogP contribution in [-0.4, -0.2) is 25.9 Å². The van der Waals surface area contributed by atoms with Crippen molar-refractivity contribution in [3.63, 3.8) is 0 Å². The molecule has 0 radical (unpaired) electrons. The molecule has 0 spiro atoms. The van der Waals surface area contributed by atoms with Crippen molar-refractivity contribution in [3.05, 3.63) is 59.7 Å². The van der Waals surface area contributed by atoms with E-state index in [1.807, 2.05) is 19.1 Å². The standard InChI is InChI=1S/C49H72O3/c1-7-50-33-10-8-9-11-34-51-41-22-17-38(18-23-41)15-16-39-19-24-42(25-20-39)52-43-29-31-48(5)40(35-43)21-26-44-46-28-27-45(37(4)14-12-13-36(2)3)49(46,6)32-30-47(44)48/h17-20,22-25,36-37,40,43-47H,7-14,21,26-35H2,1-6H3. The normalized spacial score (nSPS) is 31.5. The van der Waals surface area contributed by atoms with Crippen LogP contribution >= 0.6 is 0 Å². The molecular formula is C49H72O3. The molecule has 3 heteroatoms. The first-order chi connectivity index (χ1) is 25.2. The first-order valence-corrected chi connectivity index (χ1v) is 21.8. The fourth-order valence-electron chi connectivity index (χ4n) is 11.9. The summed E-state index contributed by atoms with van der Waals surface area (Å²) in [6, 6.07) is 16.7. The zero-order chi connectivity index (χ0) is 36.6. The predicted octanol–water partition coefficient (Wildman–Crippen LogP) is 12.9. The molecule has 0 aromatic heterocycles. The van der Waals surface area contributed by atoms with Crippen LogP contribution in [0.2, 0.25) is 0 Å². The zero-order valence-corrected chi connectivity index (χ0v) is 33.9. The maximum absolute atomic E-state index is 6.69. The van der Waals surface area contributed by atoms with Gasteiger partial charge in [-0.3, -0.25) is 0 Å². The number of hydrogen-bond acceptors (Lipinski definition) is 3. The molecule has 9 atom stereocenters. The Bertz CT molecular complexity index is 1430. The molecule has 52 heavy (non-hydrogen) atoms. The van der Waals surface area contributed by atoms with E-state index in [4.69, 9.17) is 14.2 Å². The number of benzene rings is 2. The average Bonchev–Trinajstić information content (AvgIpc) is 3.50. The molecule has 0 heterocycles. The molecule has 4 aliphatic rings. The van der Waals surface area contributed by atoms with E-state index in [2.05, 4.69) is 82.9 Å². The van der Waals surface area contributed by atoms with Crippen LogP contribution in [-0.2, 0) is 4.74 Å². The van der Waals surface area contributed by atoms with E-state index in [-0.39, 0.29) is 0 Å². The van der Waals surface area contributed by atoms with Gasteiger partial charge in [0.25, 0.3) is 0 Å². The summed E-state index contributed by atoms with van der Waals surface area (Å²) < 4.78 is 18.0. The number of rotatable bonds is 16. The van der Waals surface area contributed by atoms with Crippen molar-refractivity contribution in [1.29, 1.82) is 0 Å². The minimum Gasteiger partial charge on any atom is -0.494 e. The lowest BCUT2D eigenvalue weighted by Crippen LogP contribution is -2.54. The minimum atomic E-state index is 0.337. The highest BCUT2D eigenvalue weighted by Gasteiger charge is 2.60. The Hall–Kier alpha value is -2.44. The van der Waals surface area contributed by atoms with Crippen LogP contribution in [0.1, 0.15) is 155 Å². The molecule has 0 aliphatic heterocycles. The van der Waals surface area contributed by atoms with Gasteiger partial charge < -0.3 is 14.2 Å². The third kappa shape index (κ3) is 9.43. The maximum Gasteiger partial charge on any atom is 0.119 e. The fourth-order valence-corrected chi connectivity index (χ4v) is 11.9. The van der Waals surface area contributed by atoms with Crippen LogP contribution in [0, 0.1) is 64.1 Å². The Balaban J connectivity index is 0.953. The first kappa shape index (κ1) is 39.3. The molecule has 3 nitrogen and oxygen atoms in total. The second kappa shape index (κ2) is 18.3. The van der Waals surface area contributed by atoms with Gasteiger partial charge in [-0.25, -0.2) is 0 Å². The van der Waals surface area contributed by atoms with E-state index >= 15 is 0 Å². The molecule has 4 fully saturated rings. The second-order valence-electron chi connectivity index (χ2n) is 18.5. The topological polar surface area (TPSA) is 27.7 Å². The second-order valence-corrected chi connectivity index (χ2v) is 18.5. The highest BCUT2D eigenvalue weighted by Crippen LogP contribution is 2.68. The van der Waals surface area contributed by atoms with E-state index in [1.165, 1.54) is 89.9 Å². The van der Waals surface area contributed by atoms with Gasteiger partial charge in [-0.1, -0.05) is 72.1 Å². The van der Waals surface area contributed by atoms with Crippen LogP contribution in [0.5, 0.6) is 11.5 Å². The van der Waals surface area contributed by atoms with Gasteiger partial charge >= 0.3 is 0 Å². The van der Waals surface area contributed by atoms with Crippen molar-refractivity contribution in [2.24, 2.45) is 52.3 Å². The number of ether oxygens (including phenoxy) is 3. The van der Waals surface area contributed by atoms with E-state index in [9.17, 15) is 0 Å². The van der Waals surface area contributed by atoms with E-state index in [1.54, 1.807) is 0 Å². The molecule has 6 rings (SSSR count). The summed E-state index contributed by atoms with van der Waals surface area (Å²) in [7, 11) is 0. The van der Waals surface area contributed by atoms with Crippen LogP contribution in [0.4, 0.5) is 0 Å². The van der Waals surface area contributed by atoms with Crippen molar-refractivity contribution < 1.29 is 14.2 Å². The lowest BCUT2D eigenvalue weighted by Gasteiger charge is -2.61. The molecule has 2 aromatic rings. The summed E-state index contributed by atoms with van der Waals surface area (Å²) in [4.78, 5) is 0. The van der Waals surface area contributed by atoms with Gasteiger partial charge in [0.05, 0.1) is 12.7 Å². The Kier molecular flexibility index (Phi) is 13.8. The molecule has 4 aliphatic carbocycles. The van der Waals surface area contributed by atoms with Gasteiger partial charge in [0, 0.05) is 24.3 Å². The molecule has 0 saturated heterocycles. The van der Waals surface area contributed by atoms with Gasteiger partial charge in [0.15, 0.2) is 0 Å². The van der Waals surface area contributed by atoms with Crippen LogP contribution < -0.4 is 9.47 Å². The summed E-state index contributed by atoms with van der Waals surface area (Å²) in [5, 5.41) is 0. The molecule has 4 saturated carbocycles. The first-order valence-electron chi connectivity index (χ1n) is 21.8. The van der Waals surface area contributed by atoms with E-state index < -0.39 is 0 Å². The van der Waals surface area contributed by atoms with E-state index in [0.717, 1.165) is 96.7 Å². The molecule has 0 bridgehead atoms. The van der Waals surface area contributed by atoms with Crippen molar-refractivity contribution in [2.45, 2.75) is 150 Å². The molecule has 286 valence electrons. The quantitative estimate of drug-likeness (QED) is 0.128. The Morgan fingerprint density at radius 2 is 1.33 bits per heavy atom. The molecule has 0 amide bonds. The minimum absolute atomic E-state index is 0.337. The average molecular weight is 709 g/mol. The van der Waals surface area contributed by atoms with Crippen molar-refractivity contribution in [3.8, 4) is 23.3 Å². The third-order valence-corrected chi connectivity index (χ3v) is 14.8. The van der Waals surface area contributed by atoms with E-state index in [0.29, 0.717) is 16.9 Å². The predicted molar refractivity (Wildman–Crippen MR) is 217 cm³/mol. The van der Waals surface area contributed by atoms with Crippen LogP contribution in [0.25, 0.3) is 0 Å². The van der Waals surface area contributed by atoms with Crippen molar-refractivity contribution >= 4 is 0 Å². The lowest BCUT2D eigenvalue weighted by molar-refractivity contribution is -0.126. The highest BCUT2D eigenvalue weighted by atomic mass is 16.5. The fraction of sp³-hybridized carbons (Fsp3) is 0.714. The van der Waals surface area contributed by atoms with Crippen LogP contribution in [0.3, 0.4) is 0 Å². The summed E-state index contributed by atoms with van der Waals surface area (Å²) in [5.74, 6) is 14.9. The summed E-state index contributed by atoms with van der Waals surface area (Å²) in [6.45, 7) is 17.3. The number of hydrogen-bond donors (Lipinski definition) is 0. The van der Waals surface area contributed by atoms with Gasteiger partial charge in [0.2, 0.25) is 0 Å². The molecule has 9 unspecified atom stereocenters. The molecular weight excluding hydrogens is 637 g/mol. The lowest BCUT2D eigenvalue weighted by atomic mass is 9.44. The molecule has 0 N–H and O–H groups in total. The van der Waals surface area contributed by atoms with Crippen molar-refractivity contribution in [2.75, 3.05) is 19.8 Å².